The maximum absolute atomic E-state index is 12.8. The molecule has 7 heteroatoms. The van der Waals surface area contributed by atoms with E-state index in [1.54, 1.807) is 13.1 Å². The van der Waals surface area contributed by atoms with Gasteiger partial charge in [-0.25, -0.2) is 0 Å². The number of hydrogen-bond donors (Lipinski definition) is 4. The Balaban J connectivity index is 0.000000712. The third kappa shape index (κ3) is 12.6. The molecule has 3 aliphatic rings. The number of hydrogen-bond acceptors (Lipinski definition) is 6. The van der Waals surface area contributed by atoms with E-state index >= 15 is 0 Å². The first-order chi connectivity index (χ1) is 24.0. The van der Waals surface area contributed by atoms with Crippen LogP contribution in [0.15, 0.2) is 155 Å². The maximum Gasteiger partial charge on any atom is 0.251 e. The molecular weight excluding hydrogens is 629 g/mol. The summed E-state index contributed by atoms with van der Waals surface area (Å²) in [6.07, 6.45) is 13.6. The lowest BCUT2D eigenvalue weighted by Crippen LogP contribution is -2.37. The van der Waals surface area contributed by atoms with E-state index in [-0.39, 0.29) is 18.0 Å². The lowest BCUT2D eigenvalue weighted by atomic mass is 9.87. The van der Waals surface area contributed by atoms with Crippen LogP contribution in [-0.2, 0) is 24.3 Å². The molecule has 0 bridgehead atoms. The standard InChI is InChI=1S/C35H40N4O.C5H12N2.C4H8/c1-8-28-10-9-11-30(14-12-28)27(7)38-35(40)23(3)18-22(2)26(6)37-20-29-13-15-31-16-17-39(21-32(31)19-29)34-25(5)24(4)33(34)36;1-4(6)5(2)7-3;1-4(2)3/h8-9,11-15,18-19,27,37H,1,3-6,10,16-17,20-21,36H2,2,7H3,(H,38,40);4H,6H2,1-3H3;1H2,2-3H3/b22-18+;;/t27-;;/m0../s1. The van der Waals surface area contributed by atoms with Crippen molar-refractivity contribution in [3.05, 3.63) is 167 Å². The van der Waals surface area contributed by atoms with E-state index in [1.165, 1.54) is 16.7 Å². The van der Waals surface area contributed by atoms with Gasteiger partial charge >= 0.3 is 0 Å². The minimum absolute atomic E-state index is 0.116. The summed E-state index contributed by atoms with van der Waals surface area (Å²) in [5, 5.41) is 6.43. The fraction of sp³-hybridized carbons (Fsp3) is 0.318. The predicted octanol–water partition coefficient (Wildman–Crippen LogP) is 7.96. The van der Waals surface area contributed by atoms with E-state index in [0.29, 0.717) is 12.1 Å². The third-order valence-electron chi connectivity index (χ3n) is 8.77. The Morgan fingerprint density at radius 1 is 1.06 bits per heavy atom. The molecule has 4 rings (SSSR count). The molecule has 51 heavy (non-hydrogen) atoms. The number of allylic oxidation sites excluding steroid dienone is 9. The monoisotopic (exact) mass is 688 g/mol. The van der Waals surface area contributed by atoms with Crippen LogP contribution in [0.5, 0.6) is 0 Å². The number of nitrogens with two attached hydrogens (primary N) is 2. The summed E-state index contributed by atoms with van der Waals surface area (Å²) in [6, 6.07) is 6.57. The maximum atomic E-state index is 12.8. The Bertz CT molecular complexity index is 1740. The highest BCUT2D eigenvalue weighted by Gasteiger charge is 2.30. The predicted molar refractivity (Wildman–Crippen MR) is 220 cm³/mol. The summed E-state index contributed by atoms with van der Waals surface area (Å²) in [5.74, 6) is -0.209. The molecule has 2 atom stereocenters. The van der Waals surface area contributed by atoms with Gasteiger partial charge in [0.2, 0.25) is 0 Å². The van der Waals surface area contributed by atoms with Gasteiger partial charge in [0.1, 0.15) is 0 Å². The van der Waals surface area contributed by atoms with Crippen LogP contribution in [0.2, 0.25) is 0 Å². The highest BCUT2D eigenvalue weighted by molar-refractivity contribution is 5.96. The van der Waals surface area contributed by atoms with Crippen LogP contribution in [0.4, 0.5) is 0 Å². The van der Waals surface area contributed by atoms with E-state index < -0.39 is 0 Å². The van der Waals surface area contributed by atoms with Crippen LogP contribution in [0.1, 0.15) is 64.7 Å². The molecule has 1 heterocycles. The fourth-order valence-electron chi connectivity index (χ4n) is 5.26. The van der Waals surface area contributed by atoms with Crippen LogP contribution in [0, 0.1) is 0 Å². The summed E-state index contributed by atoms with van der Waals surface area (Å²) in [7, 11) is 1.75. The van der Waals surface area contributed by atoms with Crippen molar-refractivity contribution in [3.63, 3.8) is 0 Å². The summed E-state index contributed by atoms with van der Waals surface area (Å²) in [4.78, 5) is 19.0. The first-order valence-electron chi connectivity index (χ1n) is 17.4. The Morgan fingerprint density at radius 3 is 2.29 bits per heavy atom. The number of amides is 1. The molecular formula is C44H60N6O. The Kier molecular flexibility index (Phi) is 16.4. The number of carbonyl (C=O) groups excluding carboxylic acids is 1. The quantitative estimate of drug-likeness (QED) is 0.0817. The molecule has 0 saturated carbocycles. The van der Waals surface area contributed by atoms with Crippen molar-refractivity contribution in [2.24, 2.45) is 16.5 Å². The molecule has 2 aliphatic carbocycles. The molecule has 1 aromatic rings. The molecule has 1 aromatic carbocycles. The van der Waals surface area contributed by atoms with Gasteiger partial charge in [0.25, 0.3) is 5.91 Å². The molecule has 1 unspecified atom stereocenters. The number of nitrogens with one attached hydrogen (secondary N) is 2. The van der Waals surface area contributed by atoms with E-state index in [4.69, 9.17) is 11.5 Å². The normalized spacial score (nSPS) is 16.7. The van der Waals surface area contributed by atoms with Gasteiger partial charge in [0, 0.05) is 60.9 Å². The van der Waals surface area contributed by atoms with Crippen LogP contribution in [0.3, 0.4) is 0 Å². The Hall–Kier alpha value is -5.14. The summed E-state index contributed by atoms with van der Waals surface area (Å²) in [5.41, 5.74) is 25.3. The summed E-state index contributed by atoms with van der Waals surface area (Å²) < 4.78 is 0. The molecule has 1 amide bonds. The van der Waals surface area contributed by atoms with Gasteiger partial charge < -0.3 is 27.0 Å². The number of benzene rings is 1. The molecule has 0 spiro atoms. The van der Waals surface area contributed by atoms with Gasteiger partial charge in [0.15, 0.2) is 0 Å². The number of aliphatic imine (C=N–C) groups is 1. The zero-order valence-electron chi connectivity index (χ0n) is 32.1. The minimum atomic E-state index is -0.209. The van der Waals surface area contributed by atoms with Crippen LogP contribution < -0.4 is 22.1 Å². The largest absolute Gasteiger partial charge is 0.397 e. The van der Waals surface area contributed by atoms with Crippen molar-refractivity contribution >= 4 is 11.6 Å². The first-order valence-corrected chi connectivity index (χ1v) is 17.4. The van der Waals surface area contributed by atoms with Crippen LogP contribution in [0.25, 0.3) is 0 Å². The van der Waals surface area contributed by atoms with Crippen LogP contribution in [-0.4, -0.2) is 42.2 Å². The SMILES string of the molecule is C=C(C)C.C=CC1=CC=C([C@H](C)NC(=O)C(=C)/C=C(\C)C(=C)NCc2ccc3c(c2)CN(C2=C(N)C(=C)C2=C)CC3)C=CC1.CN=C(C)C(C)N. The van der Waals surface area contributed by atoms with Crippen LogP contribution >= 0.6 is 0 Å². The van der Waals surface area contributed by atoms with Gasteiger partial charge in [-0.1, -0.05) is 87.0 Å². The van der Waals surface area contributed by atoms with Crippen molar-refractivity contribution in [1.82, 2.24) is 15.5 Å². The van der Waals surface area contributed by atoms with Crippen molar-refractivity contribution in [2.75, 3.05) is 13.6 Å². The van der Waals surface area contributed by atoms with Gasteiger partial charge in [-0.15, -0.1) is 6.58 Å². The van der Waals surface area contributed by atoms with Gasteiger partial charge in [-0.3, -0.25) is 9.79 Å². The molecule has 1 aliphatic heterocycles. The second-order valence-corrected chi connectivity index (χ2v) is 13.5. The lowest BCUT2D eigenvalue weighted by molar-refractivity contribution is -0.117. The Morgan fingerprint density at radius 2 is 1.73 bits per heavy atom. The highest BCUT2D eigenvalue weighted by Crippen LogP contribution is 2.38. The molecule has 0 radical (unpaired) electrons. The number of nitrogens with zero attached hydrogens (tertiary/aromatic N) is 2. The lowest BCUT2D eigenvalue weighted by Gasteiger charge is -2.39. The smallest absolute Gasteiger partial charge is 0.251 e. The van der Waals surface area contributed by atoms with E-state index in [1.807, 2.05) is 65.8 Å². The van der Waals surface area contributed by atoms with E-state index in [9.17, 15) is 4.79 Å². The number of fused-ring (bicyclic) bond motifs is 1. The second-order valence-electron chi connectivity index (χ2n) is 13.5. The highest BCUT2D eigenvalue weighted by atomic mass is 16.1. The molecule has 0 saturated heterocycles. The zero-order chi connectivity index (χ0) is 38.4. The third-order valence-corrected chi connectivity index (χ3v) is 8.77. The fourth-order valence-corrected chi connectivity index (χ4v) is 5.26. The minimum Gasteiger partial charge on any atom is -0.397 e. The Labute approximate surface area is 307 Å². The average Bonchev–Trinajstić information content (AvgIpc) is 3.36. The summed E-state index contributed by atoms with van der Waals surface area (Å²) in [6.45, 7) is 37.7. The molecule has 6 N–H and O–H groups in total. The first kappa shape index (κ1) is 42.0. The van der Waals surface area contributed by atoms with Crippen molar-refractivity contribution in [3.8, 4) is 0 Å². The van der Waals surface area contributed by atoms with Crippen molar-refractivity contribution in [1.29, 1.82) is 0 Å². The second kappa shape index (κ2) is 19.9. The topological polar surface area (TPSA) is 109 Å². The van der Waals surface area contributed by atoms with Crippen molar-refractivity contribution < 1.29 is 4.79 Å². The van der Waals surface area contributed by atoms with E-state index in [2.05, 4.69) is 84.3 Å². The number of carbonyl (C=O) groups is 1. The number of rotatable bonds is 11. The van der Waals surface area contributed by atoms with Crippen molar-refractivity contribution in [2.45, 2.75) is 79.6 Å². The molecule has 7 nitrogen and oxygen atoms in total. The molecule has 272 valence electrons. The molecule has 0 fully saturated rings. The van der Waals surface area contributed by atoms with E-state index in [0.717, 1.165) is 82.2 Å². The van der Waals surface area contributed by atoms with Gasteiger partial charge in [-0.05, 0) is 93.9 Å². The average molecular weight is 689 g/mol. The zero-order valence-corrected chi connectivity index (χ0v) is 32.1. The molecule has 0 aromatic heterocycles. The summed E-state index contributed by atoms with van der Waals surface area (Å²) >= 11 is 0. The van der Waals surface area contributed by atoms with Gasteiger partial charge in [-0.2, -0.15) is 0 Å². The van der Waals surface area contributed by atoms with Gasteiger partial charge in [0.05, 0.1) is 17.4 Å².